The molecule has 0 bridgehead atoms. The summed E-state index contributed by atoms with van der Waals surface area (Å²) in [6, 6.07) is 2.57. The molecule has 0 spiro atoms. The summed E-state index contributed by atoms with van der Waals surface area (Å²) in [7, 11) is 1.66. The van der Waals surface area contributed by atoms with Gasteiger partial charge in [0.15, 0.2) is 16.4 Å². The largest absolute Gasteiger partial charge is 0.611 e. The molecule has 0 aliphatic carbocycles. The van der Waals surface area contributed by atoms with E-state index in [2.05, 4.69) is 15.0 Å². The number of halogens is 3. The van der Waals surface area contributed by atoms with E-state index in [1.165, 1.54) is 6.20 Å². The van der Waals surface area contributed by atoms with Crippen molar-refractivity contribution < 1.29 is 22.5 Å². The number of imidazole rings is 1. The molecule has 0 fully saturated rings. The number of nitrogens with zero attached hydrogens (tertiary/aromatic N) is 4. The lowest BCUT2D eigenvalue weighted by molar-refractivity contribution is -0.141. The first-order valence-electron chi connectivity index (χ1n) is 9.16. The van der Waals surface area contributed by atoms with Gasteiger partial charge in [0.1, 0.15) is 17.2 Å². The van der Waals surface area contributed by atoms with Crippen LogP contribution in [0.25, 0.3) is 22.6 Å². The predicted octanol–water partition coefficient (Wildman–Crippen LogP) is 4.31. The molecular weight excluding hydrogens is 437 g/mol. The van der Waals surface area contributed by atoms with Crippen LogP contribution in [0.15, 0.2) is 29.4 Å². The van der Waals surface area contributed by atoms with Gasteiger partial charge in [-0.2, -0.15) is 24.9 Å². The summed E-state index contributed by atoms with van der Waals surface area (Å²) in [5.41, 5.74) is -0.106. The molecule has 30 heavy (non-hydrogen) atoms. The van der Waals surface area contributed by atoms with Crippen LogP contribution in [0.1, 0.15) is 19.0 Å². The SMILES string of the molecule is CC[S+]([O-])c1cc(OCCCSC)cnc1-c1nc2cc(C(F)(F)F)ncc2n1C. The predicted molar refractivity (Wildman–Crippen MR) is 112 cm³/mol. The maximum atomic E-state index is 13.0. The zero-order chi connectivity index (χ0) is 21.9. The minimum atomic E-state index is -4.56. The molecule has 0 aliphatic rings. The minimum Gasteiger partial charge on any atom is -0.611 e. The van der Waals surface area contributed by atoms with Crippen molar-refractivity contribution in [2.75, 3.05) is 24.4 Å². The number of rotatable bonds is 8. The number of fused-ring (bicyclic) bond motifs is 1. The minimum absolute atomic E-state index is 0.141. The molecule has 1 unspecified atom stereocenters. The second-order valence-electron chi connectivity index (χ2n) is 6.40. The number of alkyl halides is 3. The zero-order valence-electron chi connectivity index (χ0n) is 16.7. The molecular formula is C19H21F3N4O2S2. The Morgan fingerprint density at radius 2 is 2.00 bits per heavy atom. The highest BCUT2D eigenvalue weighted by Gasteiger charge is 2.33. The second-order valence-corrected chi connectivity index (χ2v) is 9.09. The molecule has 3 aromatic heterocycles. The van der Waals surface area contributed by atoms with Crippen LogP contribution in [-0.4, -0.2) is 48.4 Å². The Hall–Kier alpha value is -1.98. The lowest BCUT2D eigenvalue weighted by atomic mass is 10.3. The Labute approximate surface area is 179 Å². The molecule has 1 atom stereocenters. The van der Waals surface area contributed by atoms with Gasteiger partial charge in [-0.3, -0.25) is 0 Å². The van der Waals surface area contributed by atoms with Crippen molar-refractivity contribution in [1.82, 2.24) is 19.5 Å². The third kappa shape index (κ3) is 4.84. The van der Waals surface area contributed by atoms with Crippen LogP contribution < -0.4 is 4.74 Å². The van der Waals surface area contributed by atoms with Gasteiger partial charge in [0.05, 0.1) is 30.0 Å². The summed E-state index contributed by atoms with van der Waals surface area (Å²) in [5, 5.41) is 0. The summed E-state index contributed by atoms with van der Waals surface area (Å²) in [5.74, 6) is 2.13. The van der Waals surface area contributed by atoms with Gasteiger partial charge in [-0.1, -0.05) is 0 Å². The van der Waals surface area contributed by atoms with Crippen LogP contribution in [0.5, 0.6) is 5.75 Å². The fourth-order valence-electron chi connectivity index (χ4n) is 2.85. The van der Waals surface area contributed by atoms with E-state index in [4.69, 9.17) is 4.74 Å². The third-order valence-electron chi connectivity index (χ3n) is 4.37. The molecule has 6 nitrogen and oxygen atoms in total. The molecule has 0 N–H and O–H groups in total. The van der Waals surface area contributed by atoms with E-state index in [0.29, 0.717) is 40.0 Å². The molecule has 0 aliphatic heterocycles. The first-order valence-corrected chi connectivity index (χ1v) is 11.9. The number of aromatic nitrogens is 4. The Morgan fingerprint density at radius 1 is 1.23 bits per heavy atom. The number of hydrogen-bond donors (Lipinski definition) is 0. The first kappa shape index (κ1) is 22.7. The molecule has 3 aromatic rings. The average Bonchev–Trinajstić information content (AvgIpc) is 3.05. The molecule has 3 heterocycles. The van der Waals surface area contributed by atoms with Crippen LogP contribution in [0.3, 0.4) is 0 Å². The summed E-state index contributed by atoms with van der Waals surface area (Å²) in [6.07, 6.45) is 0.976. The highest BCUT2D eigenvalue weighted by Crippen LogP contribution is 2.33. The summed E-state index contributed by atoms with van der Waals surface area (Å²) in [6.45, 7) is 2.29. The normalized spacial score (nSPS) is 13.0. The Morgan fingerprint density at radius 3 is 2.67 bits per heavy atom. The van der Waals surface area contributed by atoms with Crippen molar-refractivity contribution in [2.24, 2.45) is 7.05 Å². The molecule has 3 rings (SSSR count). The van der Waals surface area contributed by atoms with Crippen LogP contribution in [0.4, 0.5) is 13.2 Å². The number of pyridine rings is 2. The standard InChI is InChI=1S/C19H21F3N4O2S2/c1-4-30(27)15-8-12(28-6-5-7-29-3)10-24-17(15)18-25-13-9-16(19(20,21)22)23-11-14(13)26(18)2/h8-11H,4-7H2,1-3H3. The second kappa shape index (κ2) is 9.44. The van der Waals surface area contributed by atoms with E-state index in [9.17, 15) is 17.7 Å². The maximum Gasteiger partial charge on any atom is 0.433 e. The lowest BCUT2D eigenvalue weighted by Gasteiger charge is -2.14. The molecule has 0 aromatic carbocycles. The Balaban J connectivity index is 2.03. The van der Waals surface area contributed by atoms with Gasteiger partial charge in [0.25, 0.3) is 0 Å². The van der Waals surface area contributed by atoms with Crippen molar-refractivity contribution in [3.05, 3.63) is 30.2 Å². The monoisotopic (exact) mass is 458 g/mol. The number of hydrogen-bond acceptors (Lipinski definition) is 6. The van der Waals surface area contributed by atoms with Gasteiger partial charge in [-0.05, 0) is 42.6 Å². The van der Waals surface area contributed by atoms with Crippen LogP contribution in [0, 0.1) is 0 Å². The van der Waals surface area contributed by atoms with Crippen LogP contribution >= 0.6 is 11.8 Å². The third-order valence-corrected chi connectivity index (χ3v) is 6.39. The molecule has 0 amide bonds. The molecule has 11 heteroatoms. The van der Waals surface area contributed by atoms with Crippen LogP contribution in [-0.2, 0) is 24.4 Å². The maximum absolute atomic E-state index is 13.0. The van der Waals surface area contributed by atoms with E-state index >= 15 is 0 Å². The number of ether oxygens (including phenoxy) is 1. The smallest absolute Gasteiger partial charge is 0.433 e. The molecule has 0 saturated heterocycles. The lowest BCUT2D eigenvalue weighted by Crippen LogP contribution is -2.10. The van der Waals surface area contributed by atoms with Gasteiger partial charge in [-0.25, -0.2) is 15.0 Å². The van der Waals surface area contributed by atoms with E-state index in [0.717, 1.165) is 24.4 Å². The fourth-order valence-corrected chi connectivity index (χ4v) is 4.18. The highest BCUT2D eigenvalue weighted by atomic mass is 32.2. The summed E-state index contributed by atoms with van der Waals surface area (Å²) in [4.78, 5) is 12.7. The van der Waals surface area contributed by atoms with Gasteiger partial charge in [-0.15, -0.1) is 0 Å². The molecule has 0 radical (unpaired) electrons. The number of thioether (sulfide) groups is 1. The van der Waals surface area contributed by atoms with E-state index in [1.54, 1.807) is 36.4 Å². The van der Waals surface area contributed by atoms with Crippen molar-refractivity contribution in [3.63, 3.8) is 0 Å². The van der Waals surface area contributed by atoms with Crippen LogP contribution in [0.2, 0.25) is 0 Å². The quantitative estimate of drug-likeness (QED) is 0.370. The average molecular weight is 459 g/mol. The van der Waals surface area contributed by atoms with Crippen molar-refractivity contribution in [1.29, 1.82) is 0 Å². The fraction of sp³-hybridized carbons (Fsp3) is 0.421. The topological polar surface area (TPSA) is 75.9 Å². The van der Waals surface area contributed by atoms with Gasteiger partial charge in [0.2, 0.25) is 0 Å². The van der Waals surface area contributed by atoms with Crippen molar-refractivity contribution in [2.45, 2.75) is 24.4 Å². The summed E-state index contributed by atoms with van der Waals surface area (Å²) < 4.78 is 58.9. The van der Waals surface area contributed by atoms with E-state index in [-0.39, 0.29) is 5.52 Å². The van der Waals surface area contributed by atoms with Gasteiger partial charge in [0, 0.05) is 13.1 Å². The first-order chi connectivity index (χ1) is 14.3. The molecule has 162 valence electrons. The van der Waals surface area contributed by atoms with E-state index in [1.807, 2.05) is 6.26 Å². The van der Waals surface area contributed by atoms with E-state index < -0.39 is 23.0 Å². The Bertz CT molecular complexity index is 1030. The molecule has 0 saturated carbocycles. The number of aryl methyl sites for hydroxylation is 1. The van der Waals surface area contributed by atoms with Crippen molar-refractivity contribution >= 4 is 34.0 Å². The highest BCUT2D eigenvalue weighted by molar-refractivity contribution is 7.98. The van der Waals surface area contributed by atoms with Gasteiger partial charge >= 0.3 is 6.18 Å². The zero-order valence-corrected chi connectivity index (χ0v) is 18.3. The Kier molecular flexibility index (Phi) is 7.14. The van der Waals surface area contributed by atoms with Gasteiger partial charge < -0.3 is 13.9 Å². The van der Waals surface area contributed by atoms with Crippen molar-refractivity contribution in [3.8, 4) is 17.3 Å². The summed E-state index contributed by atoms with van der Waals surface area (Å²) >= 11 is 0.358.